The molecule has 0 aliphatic carbocycles. The molecule has 136 valence electrons. The monoisotopic (exact) mass is 355 g/mol. The molecule has 2 aliphatic rings. The lowest BCUT2D eigenvalue weighted by Gasteiger charge is -2.42. The Morgan fingerprint density at radius 2 is 2.04 bits per heavy atom. The molecule has 2 fully saturated rings. The van der Waals surface area contributed by atoms with Crippen LogP contribution in [0, 0.1) is 0 Å². The van der Waals surface area contributed by atoms with Crippen LogP contribution in [-0.2, 0) is 16.1 Å². The molecule has 0 bridgehead atoms. The van der Waals surface area contributed by atoms with Crippen LogP contribution in [0.15, 0.2) is 30.5 Å². The van der Waals surface area contributed by atoms with Crippen LogP contribution in [0.5, 0.6) is 5.75 Å². The summed E-state index contributed by atoms with van der Waals surface area (Å²) in [6.45, 7) is 2.63. The van der Waals surface area contributed by atoms with Gasteiger partial charge in [-0.1, -0.05) is 0 Å². The molecule has 8 heteroatoms. The summed E-state index contributed by atoms with van der Waals surface area (Å²) < 4.78 is 5.20. The van der Waals surface area contributed by atoms with Gasteiger partial charge in [0.2, 0.25) is 11.8 Å². The van der Waals surface area contributed by atoms with Crippen molar-refractivity contribution in [3.63, 3.8) is 0 Å². The number of methoxy groups -OCH3 is 1. The predicted octanol–water partition coefficient (Wildman–Crippen LogP) is 0.228. The van der Waals surface area contributed by atoms with Crippen LogP contribution < -0.4 is 10.1 Å². The van der Waals surface area contributed by atoms with Crippen molar-refractivity contribution in [1.29, 1.82) is 0 Å². The van der Waals surface area contributed by atoms with E-state index in [9.17, 15) is 9.59 Å². The minimum absolute atomic E-state index is 0.00326. The van der Waals surface area contributed by atoms with Gasteiger partial charge in [-0.3, -0.25) is 19.6 Å². The van der Waals surface area contributed by atoms with E-state index in [1.807, 2.05) is 30.5 Å². The second-order valence-electron chi connectivity index (χ2n) is 6.55. The molecule has 0 radical (unpaired) electrons. The molecule has 2 saturated heterocycles. The van der Waals surface area contributed by atoms with Crippen molar-refractivity contribution in [3.8, 4) is 17.0 Å². The number of rotatable bonds is 4. The first-order valence-corrected chi connectivity index (χ1v) is 8.62. The van der Waals surface area contributed by atoms with E-state index in [2.05, 4.69) is 20.4 Å². The van der Waals surface area contributed by atoms with Gasteiger partial charge in [-0.2, -0.15) is 5.10 Å². The number of fused-ring (bicyclic) bond motifs is 1. The highest BCUT2D eigenvalue weighted by atomic mass is 16.5. The zero-order chi connectivity index (χ0) is 18.1. The molecule has 1 aromatic carbocycles. The van der Waals surface area contributed by atoms with Crippen molar-refractivity contribution < 1.29 is 14.3 Å². The summed E-state index contributed by atoms with van der Waals surface area (Å²) in [5, 5.41) is 9.92. The summed E-state index contributed by atoms with van der Waals surface area (Å²) in [6.07, 6.45) is 1.82. The number of amides is 2. The molecule has 2 aliphatic heterocycles. The van der Waals surface area contributed by atoms with Crippen LogP contribution in [-0.4, -0.2) is 71.1 Å². The van der Waals surface area contributed by atoms with E-state index in [0.29, 0.717) is 19.6 Å². The predicted molar refractivity (Wildman–Crippen MR) is 94.4 cm³/mol. The lowest BCUT2D eigenvalue weighted by atomic mass is 10.1. The third kappa shape index (κ3) is 3.03. The van der Waals surface area contributed by atoms with Crippen molar-refractivity contribution in [2.24, 2.45) is 0 Å². The molecule has 2 N–H and O–H groups in total. The lowest BCUT2D eigenvalue weighted by molar-refractivity contribution is -0.149. The largest absolute Gasteiger partial charge is 0.497 e. The third-order valence-corrected chi connectivity index (χ3v) is 4.99. The number of aromatic amines is 1. The average molecular weight is 355 g/mol. The minimum Gasteiger partial charge on any atom is -0.497 e. The number of ether oxygens (including phenoxy) is 1. The Kier molecular flexibility index (Phi) is 4.34. The second-order valence-corrected chi connectivity index (χ2v) is 6.55. The molecule has 1 aromatic heterocycles. The number of hydrogen-bond acceptors (Lipinski definition) is 5. The Hall–Kier alpha value is -2.87. The molecule has 8 nitrogen and oxygen atoms in total. The molecule has 1 atom stereocenters. The van der Waals surface area contributed by atoms with E-state index in [4.69, 9.17) is 4.74 Å². The molecule has 4 rings (SSSR count). The zero-order valence-electron chi connectivity index (χ0n) is 14.6. The molecule has 1 unspecified atom stereocenters. The second kappa shape index (κ2) is 6.80. The van der Waals surface area contributed by atoms with Crippen molar-refractivity contribution in [1.82, 2.24) is 25.3 Å². The van der Waals surface area contributed by atoms with E-state index >= 15 is 0 Å². The van der Waals surface area contributed by atoms with Crippen molar-refractivity contribution in [2.75, 3.05) is 33.3 Å². The number of aromatic nitrogens is 2. The Morgan fingerprint density at radius 3 is 2.81 bits per heavy atom. The van der Waals surface area contributed by atoms with Gasteiger partial charge in [0.1, 0.15) is 11.8 Å². The van der Waals surface area contributed by atoms with E-state index in [-0.39, 0.29) is 18.4 Å². The molecule has 0 saturated carbocycles. The fourth-order valence-electron chi connectivity index (χ4n) is 3.57. The van der Waals surface area contributed by atoms with E-state index in [1.54, 1.807) is 12.0 Å². The number of nitrogens with one attached hydrogen (secondary N) is 2. The van der Waals surface area contributed by atoms with Crippen molar-refractivity contribution >= 4 is 11.8 Å². The van der Waals surface area contributed by atoms with Gasteiger partial charge in [0, 0.05) is 37.3 Å². The quantitative estimate of drug-likeness (QED) is 0.819. The van der Waals surface area contributed by atoms with Gasteiger partial charge in [-0.25, -0.2) is 0 Å². The van der Waals surface area contributed by atoms with Crippen LogP contribution >= 0.6 is 0 Å². The van der Waals surface area contributed by atoms with E-state index in [1.165, 1.54) is 0 Å². The number of hydrogen-bond donors (Lipinski definition) is 2. The van der Waals surface area contributed by atoms with Crippen LogP contribution in [0.3, 0.4) is 0 Å². The first-order valence-electron chi connectivity index (χ1n) is 8.62. The Labute approximate surface area is 151 Å². The standard InChI is InChI=1S/C18H21N5O3/c1-26-14-4-2-12(3-5-14)17-13(8-20-21-17)10-22-6-7-23-15(11-22)18(25)19-9-16(23)24/h2-5,8,15H,6-7,9-11H2,1H3,(H,19,25)(H,20,21). The summed E-state index contributed by atoms with van der Waals surface area (Å²) in [6, 6.07) is 7.40. The first kappa shape index (κ1) is 16.6. The topological polar surface area (TPSA) is 90.6 Å². The summed E-state index contributed by atoms with van der Waals surface area (Å²) in [4.78, 5) is 27.9. The molecular weight excluding hydrogens is 334 g/mol. The van der Waals surface area contributed by atoms with Crippen molar-refractivity contribution in [3.05, 3.63) is 36.0 Å². The van der Waals surface area contributed by atoms with Crippen molar-refractivity contribution in [2.45, 2.75) is 12.6 Å². The van der Waals surface area contributed by atoms with Gasteiger partial charge in [-0.05, 0) is 24.3 Å². The molecular formula is C18H21N5O3. The van der Waals surface area contributed by atoms with Gasteiger partial charge in [0.05, 0.1) is 25.5 Å². The maximum Gasteiger partial charge on any atom is 0.244 e. The van der Waals surface area contributed by atoms with Gasteiger partial charge < -0.3 is 15.0 Å². The fourth-order valence-corrected chi connectivity index (χ4v) is 3.57. The first-order chi connectivity index (χ1) is 12.7. The highest BCUT2D eigenvalue weighted by molar-refractivity contribution is 5.95. The maximum atomic E-state index is 12.1. The zero-order valence-corrected chi connectivity index (χ0v) is 14.6. The van der Waals surface area contributed by atoms with Gasteiger partial charge in [-0.15, -0.1) is 0 Å². The normalized spacial score (nSPS) is 20.7. The highest BCUT2D eigenvalue weighted by Gasteiger charge is 2.38. The lowest BCUT2D eigenvalue weighted by Crippen LogP contribution is -2.65. The van der Waals surface area contributed by atoms with Gasteiger partial charge in [0.15, 0.2) is 0 Å². The third-order valence-electron chi connectivity index (χ3n) is 4.99. The molecule has 26 heavy (non-hydrogen) atoms. The van der Waals surface area contributed by atoms with Crippen LogP contribution in [0.2, 0.25) is 0 Å². The van der Waals surface area contributed by atoms with Gasteiger partial charge >= 0.3 is 0 Å². The van der Waals surface area contributed by atoms with Crippen LogP contribution in [0.1, 0.15) is 5.56 Å². The fraction of sp³-hybridized carbons (Fsp3) is 0.389. The Morgan fingerprint density at radius 1 is 1.23 bits per heavy atom. The smallest absolute Gasteiger partial charge is 0.244 e. The number of piperazine rings is 2. The number of carbonyl (C=O) groups excluding carboxylic acids is 2. The maximum absolute atomic E-state index is 12.1. The number of benzene rings is 1. The molecule has 2 aromatic rings. The summed E-state index contributed by atoms with van der Waals surface area (Å²) >= 11 is 0. The van der Waals surface area contributed by atoms with Crippen LogP contribution in [0.4, 0.5) is 0 Å². The minimum atomic E-state index is -0.402. The SMILES string of the molecule is COc1ccc(-c2[nH]ncc2CN2CCN3C(=O)CNC(=O)C3C2)cc1. The summed E-state index contributed by atoms with van der Waals surface area (Å²) in [5.74, 6) is 0.729. The molecule has 2 amide bonds. The number of H-pyrrole nitrogens is 1. The summed E-state index contributed by atoms with van der Waals surface area (Å²) in [5.41, 5.74) is 3.05. The molecule has 0 spiro atoms. The Balaban J connectivity index is 1.49. The van der Waals surface area contributed by atoms with E-state index < -0.39 is 6.04 Å². The van der Waals surface area contributed by atoms with Crippen LogP contribution in [0.25, 0.3) is 11.3 Å². The van der Waals surface area contributed by atoms with E-state index in [0.717, 1.165) is 29.1 Å². The molecule has 3 heterocycles. The highest BCUT2D eigenvalue weighted by Crippen LogP contribution is 2.25. The Bertz CT molecular complexity index is 816. The van der Waals surface area contributed by atoms with Gasteiger partial charge in [0.25, 0.3) is 0 Å². The number of nitrogens with zero attached hydrogens (tertiary/aromatic N) is 3. The summed E-state index contributed by atoms with van der Waals surface area (Å²) in [7, 11) is 1.64. The average Bonchev–Trinajstić information content (AvgIpc) is 3.13. The number of carbonyl (C=O) groups is 2.